The third-order valence-electron chi connectivity index (χ3n) is 3.65. The maximum Gasteiger partial charge on any atom is 0.221 e. The van der Waals surface area contributed by atoms with Gasteiger partial charge >= 0.3 is 0 Å². The standard InChI is InChI=1S/C15H21N5O/c1-12-17-15(19(2)18-12)16-11-13-5-3-4-6-14(13)20-7-9-21-10-8-20/h3-6H,7-11H2,1-2H3,(H,16,17,18). The second-order valence-electron chi connectivity index (χ2n) is 5.19. The predicted octanol–water partition coefficient (Wildman–Crippen LogP) is 1.57. The van der Waals surface area contributed by atoms with E-state index in [0.717, 1.165) is 44.6 Å². The van der Waals surface area contributed by atoms with Crippen LogP contribution < -0.4 is 10.2 Å². The van der Waals surface area contributed by atoms with Gasteiger partial charge in [-0.2, -0.15) is 10.1 Å². The zero-order valence-corrected chi connectivity index (χ0v) is 12.5. The smallest absolute Gasteiger partial charge is 0.221 e. The summed E-state index contributed by atoms with van der Waals surface area (Å²) in [6.45, 7) is 6.11. The van der Waals surface area contributed by atoms with Crippen LogP contribution in [0.1, 0.15) is 11.4 Å². The maximum atomic E-state index is 5.43. The van der Waals surface area contributed by atoms with Crippen molar-refractivity contribution in [1.82, 2.24) is 14.8 Å². The average molecular weight is 287 g/mol. The van der Waals surface area contributed by atoms with Gasteiger partial charge in [-0.1, -0.05) is 18.2 Å². The first-order valence-corrected chi connectivity index (χ1v) is 7.26. The van der Waals surface area contributed by atoms with Crippen LogP contribution in [0.5, 0.6) is 0 Å². The third-order valence-corrected chi connectivity index (χ3v) is 3.65. The van der Waals surface area contributed by atoms with Crippen molar-refractivity contribution in [3.63, 3.8) is 0 Å². The van der Waals surface area contributed by atoms with Crippen LogP contribution in [0.15, 0.2) is 24.3 Å². The van der Waals surface area contributed by atoms with E-state index in [4.69, 9.17) is 4.74 Å². The molecule has 0 aliphatic carbocycles. The average Bonchev–Trinajstić information content (AvgIpc) is 2.84. The van der Waals surface area contributed by atoms with Crippen molar-refractivity contribution in [3.8, 4) is 0 Å². The van der Waals surface area contributed by atoms with E-state index in [-0.39, 0.29) is 0 Å². The highest BCUT2D eigenvalue weighted by molar-refractivity contribution is 5.54. The molecule has 1 aromatic heterocycles. The normalized spacial score (nSPS) is 15.2. The highest BCUT2D eigenvalue weighted by Crippen LogP contribution is 2.22. The summed E-state index contributed by atoms with van der Waals surface area (Å²) in [5.74, 6) is 1.57. The zero-order chi connectivity index (χ0) is 14.7. The van der Waals surface area contributed by atoms with E-state index in [2.05, 4.69) is 44.6 Å². The highest BCUT2D eigenvalue weighted by Gasteiger charge is 2.14. The molecule has 0 atom stereocenters. The van der Waals surface area contributed by atoms with E-state index in [1.807, 2.05) is 14.0 Å². The Balaban J connectivity index is 1.74. The van der Waals surface area contributed by atoms with Crippen molar-refractivity contribution in [1.29, 1.82) is 0 Å². The van der Waals surface area contributed by atoms with Gasteiger partial charge in [-0.25, -0.2) is 4.68 Å². The number of nitrogens with one attached hydrogen (secondary N) is 1. The van der Waals surface area contributed by atoms with Crippen LogP contribution in [0.25, 0.3) is 0 Å². The fraction of sp³-hybridized carbons (Fsp3) is 0.467. The molecule has 0 saturated carbocycles. The van der Waals surface area contributed by atoms with Crippen molar-refractivity contribution in [2.24, 2.45) is 7.05 Å². The van der Waals surface area contributed by atoms with Crippen LogP contribution in [0.2, 0.25) is 0 Å². The van der Waals surface area contributed by atoms with E-state index in [9.17, 15) is 0 Å². The van der Waals surface area contributed by atoms with Crippen LogP contribution in [-0.4, -0.2) is 41.1 Å². The van der Waals surface area contributed by atoms with E-state index in [0.29, 0.717) is 0 Å². The maximum absolute atomic E-state index is 5.43. The van der Waals surface area contributed by atoms with Crippen LogP contribution in [0, 0.1) is 6.92 Å². The molecule has 0 unspecified atom stereocenters. The van der Waals surface area contributed by atoms with Gasteiger partial charge in [0, 0.05) is 32.4 Å². The van der Waals surface area contributed by atoms with Gasteiger partial charge in [-0.3, -0.25) is 0 Å². The molecule has 0 amide bonds. The molecule has 0 spiro atoms. The van der Waals surface area contributed by atoms with Gasteiger partial charge in [0.1, 0.15) is 5.82 Å². The molecule has 21 heavy (non-hydrogen) atoms. The molecule has 1 fully saturated rings. The lowest BCUT2D eigenvalue weighted by Gasteiger charge is -2.30. The number of para-hydroxylation sites is 1. The number of ether oxygens (including phenoxy) is 1. The minimum atomic E-state index is 0.736. The summed E-state index contributed by atoms with van der Waals surface area (Å²) in [5.41, 5.74) is 2.53. The Labute approximate surface area is 124 Å². The van der Waals surface area contributed by atoms with Gasteiger partial charge in [-0.05, 0) is 18.6 Å². The van der Waals surface area contributed by atoms with Gasteiger partial charge in [0.05, 0.1) is 13.2 Å². The second-order valence-corrected chi connectivity index (χ2v) is 5.19. The number of hydrogen-bond acceptors (Lipinski definition) is 5. The lowest BCUT2D eigenvalue weighted by molar-refractivity contribution is 0.122. The summed E-state index contributed by atoms with van der Waals surface area (Å²) in [6, 6.07) is 8.48. The number of morpholine rings is 1. The van der Waals surface area contributed by atoms with Crippen LogP contribution in [0.4, 0.5) is 11.6 Å². The number of nitrogens with zero attached hydrogens (tertiary/aromatic N) is 4. The molecule has 1 saturated heterocycles. The number of benzene rings is 1. The summed E-state index contributed by atoms with van der Waals surface area (Å²) in [7, 11) is 1.90. The monoisotopic (exact) mass is 287 g/mol. The predicted molar refractivity (Wildman–Crippen MR) is 82.5 cm³/mol. The first-order valence-electron chi connectivity index (χ1n) is 7.26. The summed E-state index contributed by atoms with van der Waals surface area (Å²) in [6.07, 6.45) is 0. The van der Waals surface area contributed by atoms with Crippen LogP contribution in [0.3, 0.4) is 0 Å². The summed E-state index contributed by atoms with van der Waals surface area (Å²) in [4.78, 5) is 6.75. The molecule has 6 nitrogen and oxygen atoms in total. The third kappa shape index (κ3) is 3.16. The Morgan fingerprint density at radius 1 is 1.24 bits per heavy atom. The quantitative estimate of drug-likeness (QED) is 0.925. The van der Waals surface area contributed by atoms with Crippen LogP contribution in [-0.2, 0) is 18.3 Å². The topological polar surface area (TPSA) is 55.2 Å². The molecule has 1 aliphatic rings. The Morgan fingerprint density at radius 3 is 2.71 bits per heavy atom. The molecule has 1 N–H and O–H groups in total. The van der Waals surface area contributed by atoms with Crippen molar-refractivity contribution in [2.75, 3.05) is 36.5 Å². The molecular weight excluding hydrogens is 266 g/mol. The highest BCUT2D eigenvalue weighted by atomic mass is 16.5. The molecular formula is C15H21N5O. The molecule has 0 radical (unpaired) electrons. The fourth-order valence-corrected chi connectivity index (χ4v) is 2.61. The number of hydrogen-bond donors (Lipinski definition) is 1. The Hall–Kier alpha value is -2.08. The number of aryl methyl sites for hydroxylation is 2. The first kappa shape index (κ1) is 13.9. The molecule has 2 heterocycles. The molecule has 1 aromatic carbocycles. The Morgan fingerprint density at radius 2 is 2.00 bits per heavy atom. The Kier molecular flexibility index (Phi) is 4.06. The van der Waals surface area contributed by atoms with Crippen molar-refractivity contribution < 1.29 is 4.74 Å². The summed E-state index contributed by atoms with van der Waals surface area (Å²) in [5, 5.41) is 7.61. The summed E-state index contributed by atoms with van der Waals surface area (Å²) < 4.78 is 7.20. The van der Waals surface area contributed by atoms with Gasteiger partial charge < -0.3 is 15.0 Å². The first-order chi connectivity index (χ1) is 10.2. The SMILES string of the molecule is Cc1nc(NCc2ccccc2N2CCOCC2)n(C)n1. The van der Waals surface area contributed by atoms with Gasteiger partial charge in [0.2, 0.25) is 5.95 Å². The van der Waals surface area contributed by atoms with Crippen molar-refractivity contribution in [3.05, 3.63) is 35.7 Å². The second kappa shape index (κ2) is 6.13. The largest absolute Gasteiger partial charge is 0.378 e. The van der Waals surface area contributed by atoms with Crippen molar-refractivity contribution >= 4 is 11.6 Å². The Bertz CT molecular complexity index is 604. The van der Waals surface area contributed by atoms with E-state index >= 15 is 0 Å². The molecule has 0 bridgehead atoms. The minimum absolute atomic E-state index is 0.736. The van der Waals surface area contributed by atoms with E-state index in [1.165, 1.54) is 11.3 Å². The van der Waals surface area contributed by atoms with Gasteiger partial charge in [0.15, 0.2) is 0 Å². The summed E-state index contributed by atoms with van der Waals surface area (Å²) >= 11 is 0. The zero-order valence-electron chi connectivity index (χ0n) is 12.5. The lowest BCUT2D eigenvalue weighted by atomic mass is 10.1. The van der Waals surface area contributed by atoms with Crippen LogP contribution >= 0.6 is 0 Å². The molecule has 3 rings (SSSR count). The molecule has 1 aliphatic heterocycles. The number of rotatable bonds is 4. The van der Waals surface area contributed by atoms with Gasteiger partial charge in [0.25, 0.3) is 0 Å². The molecule has 2 aromatic rings. The van der Waals surface area contributed by atoms with E-state index < -0.39 is 0 Å². The fourth-order valence-electron chi connectivity index (χ4n) is 2.61. The lowest BCUT2D eigenvalue weighted by Crippen LogP contribution is -2.36. The number of aromatic nitrogens is 3. The van der Waals surface area contributed by atoms with Crippen molar-refractivity contribution in [2.45, 2.75) is 13.5 Å². The minimum Gasteiger partial charge on any atom is -0.378 e. The number of anilines is 2. The van der Waals surface area contributed by atoms with E-state index in [1.54, 1.807) is 4.68 Å². The molecule has 6 heteroatoms. The molecule has 112 valence electrons. The van der Waals surface area contributed by atoms with Gasteiger partial charge in [-0.15, -0.1) is 0 Å².